The average Bonchev–Trinajstić information content (AvgIpc) is 2.67. The van der Waals surface area contributed by atoms with Crippen LogP contribution in [0.3, 0.4) is 0 Å². The lowest BCUT2D eigenvalue weighted by molar-refractivity contribution is -0.125. The fourth-order valence-electron chi connectivity index (χ4n) is 2.93. The molecule has 1 saturated heterocycles. The van der Waals surface area contributed by atoms with Gasteiger partial charge < -0.3 is 16.4 Å². The van der Waals surface area contributed by atoms with Gasteiger partial charge in [0.2, 0.25) is 5.91 Å². The number of carbonyl (C=O) groups is 2. The van der Waals surface area contributed by atoms with Gasteiger partial charge in [-0.2, -0.15) is 0 Å². The first-order chi connectivity index (χ1) is 13.7. The van der Waals surface area contributed by atoms with E-state index in [1.807, 2.05) is 26.0 Å². The third-order valence-electron chi connectivity index (χ3n) is 4.64. The van der Waals surface area contributed by atoms with Crippen LogP contribution in [0.25, 0.3) is 0 Å². The average molecular weight is 420 g/mol. The van der Waals surface area contributed by atoms with E-state index in [0.717, 1.165) is 34.9 Å². The molecular weight excluding hydrogens is 398 g/mol. The molecule has 1 aliphatic rings. The van der Waals surface area contributed by atoms with E-state index in [9.17, 15) is 18.4 Å². The minimum Gasteiger partial charge on any atom is -0.338 e. The Morgan fingerprint density at radius 3 is 2.62 bits per heavy atom. The van der Waals surface area contributed by atoms with Crippen molar-refractivity contribution in [2.75, 3.05) is 0 Å². The lowest BCUT2D eigenvalue weighted by Gasteiger charge is -2.35. The van der Waals surface area contributed by atoms with E-state index in [0.29, 0.717) is 5.75 Å². The van der Waals surface area contributed by atoms with Gasteiger partial charge in [0.15, 0.2) is 11.6 Å². The van der Waals surface area contributed by atoms with Gasteiger partial charge in [-0.05, 0) is 43.2 Å². The van der Waals surface area contributed by atoms with Gasteiger partial charge in [-0.1, -0.05) is 23.8 Å². The molecule has 0 saturated carbocycles. The predicted octanol–water partition coefficient (Wildman–Crippen LogP) is 1.90. The number of benzene rings is 2. The van der Waals surface area contributed by atoms with E-state index in [4.69, 9.17) is 5.73 Å². The molecule has 154 valence electrons. The van der Waals surface area contributed by atoms with E-state index in [1.165, 1.54) is 11.8 Å². The number of amides is 2. The molecule has 1 heterocycles. The van der Waals surface area contributed by atoms with Crippen molar-refractivity contribution in [3.8, 4) is 0 Å². The third kappa shape index (κ3) is 5.11. The van der Waals surface area contributed by atoms with Crippen molar-refractivity contribution >= 4 is 23.6 Å². The molecule has 0 aromatic heterocycles. The monoisotopic (exact) mass is 420 g/mol. The number of rotatable bonds is 5. The van der Waals surface area contributed by atoms with Crippen LogP contribution in [0.4, 0.5) is 8.78 Å². The molecule has 3 rings (SSSR count). The van der Waals surface area contributed by atoms with Crippen LogP contribution < -0.4 is 21.7 Å². The summed E-state index contributed by atoms with van der Waals surface area (Å²) in [6, 6.07) is 7.90. The van der Waals surface area contributed by atoms with Gasteiger partial charge in [-0.15, -0.1) is 11.8 Å². The number of halogens is 2. The first kappa shape index (κ1) is 21.2. The van der Waals surface area contributed by atoms with Gasteiger partial charge in [-0.3, -0.25) is 14.9 Å². The standard InChI is InChI=1S/C20H22F2N4O2S/c1-10-3-4-11(2)13(7-10)9-29-20-25-17(23)16(19(28)26-20)24-18(27)12-5-6-14(21)15(22)8-12/h3-8,16-17,20,25H,9,23H2,1-2H3,(H,24,27)(H,26,28). The molecule has 1 fully saturated rings. The molecule has 0 bridgehead atoms. The van der Waals surface area contributed by atoms with Crippen molar-refractivity contribution in [1.29, 1.82) is 0 Å². The van der Waals surface area contributed by atoms with Crippen LogP contribution >= 0.6 is 11.8 Å². The molecule has 3 atom stereocenters. The lowest BCUT2D eigenvalue weighted by Crippen LogP contribution is -2.70. The molecule has 6 nitrogen and oxygen atoms in total. The van der Waals surface area contributed by atoms with E-state index in [2.05, 4.69) is 22.0 Å². The van der Waals surface area contributed by atoms with Crippen LogP contribution in [0.1, 0.15) is 27.0 Å². The molecule has 0 aliphatic carbocycles. The summed E-state index contributed by atoms with van der Waals surface area (Å²) < 4.78 is 26.4. The highest BCUT2D eigenvalue weighted by Gasteiger charge is 2.35. The fourth-order valence-corrected chi connectivity index (χ4v) is 4.04. The Bertz CT molecular complexity index is 941. The maximum atomic E-state index is 13.3. The van der Waals surface area contributed by atoms with Gasteiger partial charge in [0.25, 0.3) is 5.91 Å². The van der Waals surface area contributed by atoms with E-state index >= 15 is 0 Å². The largest absolute Gasteiger partial charge is 0.338 e. The summed E-state index contributed by atoms with van der Waals surface area (Å²) in [5.74, 6) is -2.70. The lowest BCUT2D eigenvalue weighted by atomic mass is 10.1. The first-order valence-electron chi connectivity index (χ1n) is 9.00. The maximum Gasteiger partial charge on any atom is 0.252 e. The van der Waals surface area contributed by atoms with Crippen molar-refractivity contribution in [2.24, 2.45) is 5.73 Å². The summed E-state index contributed by atoms with van der Waals surface area (Å²) in [4.78, 5) is 24.7. The number of hydrogen-bond donors (Lipinski definition) is 4. The fraction of sp³-hybridized carbons (Fsp3) is 0.300. The summed E-state index contributed by atoms with van der Waals surface area (Å²) >= 11 is 1.47. The zero-order valence-electron chi connectivity index (χ0n) is 16.0. The van der Waals surface area contributed by atoms with Crippen LogP contribution in [-0.4, -0.2) is 29.5 Å². The molecule has 1 aliphatic heterocycles. The number of thioether (sulfide) groups is 1. The van der Waals surface area contributed by atoms with Gasteiger partial charge in [0.1, 0.15) is 11.5 Å². The Morgan fingerprint density at radius 1 is 1.17 bits per heavy atom. The van der Waals surface area contributed by atoms with E-state index in [-0.39, 0.29) is 5.56 Å². The highest BCUT2D eigenvalue weighted by atomic mass is 32.2. The van der Waals surface area contributed by atoms with Crippen molar-refractivity contribution in [2.45, 2.75) is 37.3 Å². The summed E-state index contributed by atoms with van der Waals surface area (Å²) in [5, 5.41) is 8.26. The van der Waals surface area contributed by atoms with Crippen molar-refractivity contribution in [3.63, 3.8) is 0 Å². The summed E-state index contributed by atoms with van der Waals surface area (Å²) in [5.41, 5.74) is 8.98. The smallest absolute Gasteiger partial charge is 0.252 e. The van der Waals surface area contributed by atoms with Gasteiger partial charge in [0.05, 0.1) is 6.17 Å². The molecule has 0 spiro atoms. The highest BCUT2D eigenvalue weighted by molar-refractivity contribution is 7.99. The Morgan fingerprint density at radius 2 is 1.93 bits per heavy atom. The minimum absolute atomic E-state index is 0.102. The molecule has 2 aromatic rings. The Hall–Kier alpha value is -2.49. The van der Waals surface area contributed by atoms with Gasteiger partial charge >= 0.3 is 0 Å². The Labute approximate surface area is 171 Å². The summed E-state index contributed by atoms with van der Waals surface area (Å²) in [7, 11) is 0. The molecule has 29 heavy (non-hydrogen) atoms. The van der Waals surface area contributed by atoms with Crippen LogP contribution in [0, 0.1) is 25.5 Å². The van der Waals surface area contributed by atoms with Crippen molar-refractivity contribution < 1.29 is 18.4 Å². The minimum atomic E-state index is -1.14. The molecule has 9 heteroatoms. The van der Waals surface area contributed by atoms with E-state index in [1.54, 1.807) is 0 Å². The molecule has 5 N–H and O–H groups in total. The second-order valence-electron chi connectivity index (χ2n) is 6.90. The van der Waals surface area contributed by atoms with Gasteiger partial charge in [-0.25, -0.2) is 8.78 Å². The molecule has 2 aromatic carbocycles. The second kappa shape index (κ2) is 8.89. The van der Waals surface area contributed by atoms with E-state index < -0.39 is 41.2 Å². The molecular formula is C20H22F2N4O2S. The molecule has 0 radical (unpaired) electrons. The second-order valence-corrected chi connectivity index (χ2v) is 8.00. The highest BCUT2D eigenvalue weighted by Crippen LogP contribution is 2.21. The number of hydrogen-bond acceptors (Lipinski definition) is 5. The van der Waals surface area contributed by atoms with Crippen LogP contribution in [0.15, 0.2) is 36.4 Å². The van der Waals surface area contributed by atoms with Crippen molar-refractivity contribution in [1.82, 2.24) is 16.0 Å². The summed E-state index contributed by atoms with van der Waals surface area (Å²) in [6.07, 6.45) is -0.839. The SMILES string of the molecule is Cc1ccc(C)c(CSC2NC(=O)C(NC(=O)c3ccc(F)c(F)c3)C(N)N2)c1. The quantitative estimate of drug-likeness (QED) is 0.593. The Kier molecular flexibility index (Phi) is 6.51. The predicted molar refractivity (Wildman–Crippen MR) is 108 cm³/mol. The zero-order valence-corrected chi connectivity index (χ0v) is 16.8. The van der Waals surface area contributed by atoms with Crippen LogP contribution in [0.2, 0.25) is 0 Å². The number of nitrogens with one attached hydrogen (secondary N) is 3. The Balaban J connectivity index is 1.59. The third-order valence-corrected chi connectivity index (χ3v) is 5.70. The molecule has 2 amide bonds. The molecule has 3 unspecified atom stereocenters. The first-order valence-corrected chi connectivity index (χ1v) is 10.0. The normalized spacial score (nSPS) is 21.6. The van der Waals surface area contributed by atoms with Gasteiger partial charge in [0, 0.05) is 11.3 Å². The number of nitrogens with two attached hydrogens (primary N) is 1. The summed E-state index contributed by atoms with van der Waals surface area (Å²) in [6.45, 7) is 4.04. The van der Waals surface area contributed by atoms with Crippen LogP contribution in [-0.2, 0) is 10.5 Å². The van der Waals surface area contributed by atoms with Crippen LogP contribution in [0.5, 0.6) is 0 Å². The number of aryl methyl sites for hydroxylation is 2. The van der Waals surface area contributed by atoms with Crippen molar-refractivity contribution in [3.05, 3.63) is 70.3 Å². The topological polar surface area (TPSA) is 96.2 Å². The zero-order chi connectivity index (χ0) is 21.1. The number of carbonyl (C=O) groups excluding carboxylic acids is 2. The maximum absolute atomic E-state index is 13.3.